The molecule has 34 heavy (non-hydrogen) atoms. The van der Waals surface area contributed by atoms with Gasteiger partial charge < -0.3 is 14.6 Å². The van der Waals surface area contributed by atoms with Crippen molar-refractivity contribution in [2.45, 2.75) is 13.0 Å². The summed E-state index contributed by atoms with van der Waals surface area (Å²) >= 11 is 12.5. The van der Waals surface area contributed by atoms with Gasteiger partial charge in [-0.05, 0) is 36.8 Å². The molecule has 3 aromatic carbocycles. The van der Waals surface area contributed by atoms with Crippen LogP contribution in [0.5, 0.6) is 11.5 Å². The van der Waals surface area contributed by atoms with Crippen molar-refractivity contribution in [2.24, 2.45) is 0 Å². The third-order valence-electron chi connectivity index (χ3n) is 5.72. The van der Waals surface area contributed by atoms with Gasteiger partial charge in [0.1, 0.15) is 17.3 Å². The van der Waals surface area contributed by atoms with Crippen molar-refractivity contribution in [1.29, 1.82) is 0 Å². The molecule has 8 heteroatoms. The molecule has 1 unspecified atom stereocenters. The normalized spacial score (nSPS) is 17.2. The van der Waals surface area contributed by atoms with Crippen LogP contribution in [0, 0.1) is 6.92 Å². The van der Waals surface area contributed by atoms with E-state index in [4.69, 9.17) is 32.7 Å². The highest BCUT2D eigenvalue weighted by Gasteiger charge is 2.48. The molecule has 1 saturated heterocycles. The SMILES string of the molecule is COc1ccccc1C1/C(=C(\O)c2cc(Cl)cc(Cl)c2OC)C(=O)C(=O)N1c1ccccc1C. The van der Waals surface area contributed by atoms with E-state index < -0.39 is 23.5 Å². The standard InChI is InChI=1S/C26H21Cl2NO5/c1-14-8-4-6-10-19(14)29-22(16-9-5-7-11-20(16)33-2)21(24(31)26(29)32)23(30)17-12-15(27)13-18(28)25(17)34-3/h4-13,22,30H,1-3H3/b23-21+. The van der Waals surface area contributed by atoms with Crippen LogP contribution in [0.2, 0.25) is 10.0 Å². The Labute approximate surface area is 206 Å². The average molecular weight is 498 g/mol. The van der Waals surface area contributed by atoms with E-state index in [0.29, 0.717) is 17.0 Å². The molecule has 0 saturated carbocycles. The number of Topliss-reactive ketones (excluding diaryl/α,β-unsaturated/α-hetero) is 1. The van der Waals surface area contributed by atoms with Crippen molar-refractivity contribution < 1.29 is 24.2 Å². The molecule has 0 bridgehead atoms. The van der Waals surface area contributed by atoms with Gasteiger partial charge in [0, 0.05) is 16.3 Å². The molecule has 4 rings (SSSR count). The summed E-state index contributed by atoms with van der Waals surface area (Å²) in [7, 11) is 2.88. The van der Waals surface area contributed by atoms with Crippen LogP contribution < -0.4 is 14.4 Å². The van der Waals surface area contributed by atoms with Gasteiger partial charge in [-0.3, -0.25) is 14.5 Å². The monoisotopic (exact) mass is 497 g/mol. The van der Waals surface area contributed by atoms with Gasteiger partial charge in [0.25, 0.3) is 11.7 Å². The van der Waals surface area contributed by atoms with Gasteiger partial charge >= 0.3 is 0 Å². The van der Waals surface area contributed by atoms with E-state index in [2.05, 4.69) is 0 Å². The first-order chi connectivity index (χ1) is 16.3. The molecular weight excluding hydrogens is 477 g/mol. The van der Waals surface area contributed by atoms with Crippen LogP contribution in [-0.4, -0.2) is 31.0 Å². The number of carbonyl (C=O) groups excluding carboxylic acids is 2. The molecule has 1 aliphatic heterocycles. The first-order valence-corrected chi connectivity index (χ1v) is 11.1. The fourth-order valence-electron chi connectivity index (χ4n) is 4.19. The van der Waals surface area contributed by atoms with Crippen LogP contribution in [0.3, 0.4) is 0 Å². The van der Waals surface area contributed by atoms with Crippen molar-refractivity contribution >= 4 is 46.3 Å². The highest BCUT2D eigenvalue weighted by atomic mass is 35.5. The summed E-state index contributed by atoms with van der Waals surface area (Å²) in [4.78, 5) is 28.2. The Kier molecular flexibility index (Phi) is 6.55. The number of halogens is 2. The maximum Gasteiger partial charge on any atom is 0.300 e. The molecule has 0 spiro atoms. The lowest BCUT2D eigenvalue weighted by Crippen LogP contribution is -2.30. The molecule has 0 aromatic heterocycles. The Morgan fingerprint density at radius 3 is 2.32 bits per heavy atom. The second kappa shape index (κ2) is 9.41. The Morgan fingerprint density at radius 2 is 1.65 bits per heavy atom. The summed E-state index contributed by atoms with van der Waals surface area (Å²) in [6, 6.07) is 16.2. The lowest BCUT2D eigenvalue weighted by atomic mass is 9.94. The number of aliphatic hydroxyl groups is 1. The summed E-state index contributed by atoms with van der Waals surface area (Å²) in [5.41, 5.74) is 1.82. The maximum absolute atomic E-state index is 13.4. The van der Waals surface area contributed by atoms with Gasteiger partial charge in [0.15, 0.2) is 0 Å². The molecule has 1 amide bonds. The third kappa shape index (κ3) is 3.89. The van der Waals surface area contributed by atoms with Crippen LogP contribution in [0.4, 0.5) is 5.69 Å². The van der Waals surface area contributed by atoms with Crippen LogP contribution >= 0.6 is 23.2 Å². The minimum absolute atomic E-state index is 0.0997. The Morgan fingerprint density at radius 1 is 0.971 bits per heavy atom. The van der Waals surface area contributed by atoms with E-state index in [-0.39, 0.29) is 26.9 Å². The highest BCUT2D eigenvalue weighted by Crippen LogP contribution is 2.47. The minimum atomic E-state index is -0.972. The zero-order chi connectivity index (χ0) is 24.6. The predicted octanol–water partition coefficient (Wildman–Crippen LogP) is 5.95. The molecule has 6 nitrogen and oxygen atoms in total. The van der Waals surface area contributed by atoms with E-state index in [9.17, 15) is 14.7 Å². The number of benzene rings is 3. The number of amides is 1. The van der Waals surface area contributed by atoms with Crippen molar-refractivity contribution in [1.82, 2.24) is 0 Å². The van der Waals surface area contributed by atoms with Gasteiger partial charge in [0.2, 0.25) is 0 Å². The van der Waals surface area contributed by atoms with E-state index in [1.807, 2.05) is 19.1 Å². The molecule has 1 fully saturated rings. The van der Waals surface area contributed by atoms with Crippen LogP contribution in [0.1, 0.15) is 22.7 Å². The largest absolute Gasteiger partial charge is 0.507 e. The number of anilines is 1. The minimum Gasteiger partial charge on any atom is -0.507 e. The molecule has 1 atom stereocenters. The first kappa shape index (κ1) is 23.7. The van der Waals surface area contributed by atoms with Crippen molar-refractivity contribution in [3.8, 4) is 11.5 Å². The Hall–Kier alpha value is -3.48. The fourth-order valence-corrected chi connectivity index (χ4v) is 4.76. The molecule has 1 heterocycles. The summed E-state index contributed by atoms with van der Waals surface area (Å²) in [5.74, 6) is -1.50. The van der Waals surface area contributed by atoms with E-state index in [1.165, 1.54) is 31.3 Å². The maximum atomic E-state index is 13.4. The van der Waals surface area contributed by atoms with Crippen LogP contribution in [-0.2, 0) is 9.59 Å². The van der Waals surface area contributed by atoms with Crippen molar-refractivity contribution in [3.05, 3.63) is 93.0 Å². The zero-order valence-electron chi connectivity index (χ0n) is 18.6. The molecule has 174 valence electrons. The summed E-state index contributed by atoms with van der Waals surface area (Å²) < 4.78 is 10.9. The number of carbonyl (C=O) groups is 2. The Balaban J connectivity index is 2.07. The number of hydrogen-bond donors (Lipinski definition) is 1. The number of para-hydroxylation sites is 2. The van der Waals surface area contributed by atoms with Gasteiger partial charge in [-0.1, -0.05) is 59.6 Å². The topological polar surface area (TPSA) is 76.1 Å². The number of ketones is 1. The van der Waals surface area contributed by atoms with Gasteiger partial charge in [0.05, 0.1) is 36.4 Å². The van der Waals surface area contributed by atoms with Crippen molar-refractivity contribution in [3.63, 3.8) is 0 Å². The van der Waals surface area contributed by atoms with E-state index in [1.54, 1.807) is 36.4 Å². The third-order valence-corrected chi connectivity index (χ3v) is 6.22. The molecule has 3 aromatic rings. The number of methoxy groups -OCH3 is 2. The second-order valence-electron chi connectivity index (χ2n) is 7.67. The fraction of sp³-hybridized carbons (Fsp3) is 0.154. The summed E-state index contributed by atoms with van der Waals surface area (Å²) in [6.45, 7) is 1.84. The average Bonchev–Trinajstić information content (AvgIpc) is 3.08. The highest BCUT2D eigenvalue weighted by molar-refractivity contribution is 6.52. The number of aliphatic hydroxyl groups excluding tert-OH is 1. The molecule has 1 aliphatic rings. The van der Waals surface area contributed by atoms with Gasteiger partial charge in [-0.2, -0.15) is 0 Å². The van der Waals surface area contributed by atoms with E-state index >= 15 is 0 Å². The number of aryl methyl sites for hydroxylation is 1. The van der Waals surface area contributed by atoms with Crippen LogP contribution in [0.25, 0.3) is 5.76 Å². The second-order valence-corrected chi connectivity index (χ2v) is 8.51. The predicted molar refractivity (Wildman–Crippen MR) is 132 cm³/mol. The van der Waals surface area contributed by atoms with Gasteiger partial charge in [-0.25, -0.2) is 0 Å². The number of nitrogens with zero attached hydrogens (tertiary/aromatic N) is 1. The van der Waals surface area contributed by atoms with Gasteiger partial charge in [-0.15, -0.1) is 0 Å². The summed E-state index contributed by atoms with van der Waals surface area (Å²) in [6.07, 6.45) is 0. The Bertz CT molecular complexity index is 1330. The number of ether oxygens (including phenoxy) is 2. The quantitative estimate of drug-likeness (QED) is 0.268. The molecule has 1 N–H and O–H groups in total. The van der Waals surface area contributed by atoms with Crippen LogP contribution in [0.15, 0.2) is 66.2 Å². The first-order valence-electron chi connectivity index (χ1n) is 10.3. The molecule has 0 aliphatic carbocycles. The molecular formula is C26H21Cl2NO5. The number of hydrogen-bond acceptors (Lipinski definition) is 5. The smallest absolute Gasteiger partial charge is 0.300 e. The number of rotatable bonds is 5. The zero-order valence-corrected chi connectivity index (χ0v) is 20.1. The lowest BCUT2D eigenvalue weighted by molar-refractivity contribution is -0.132. The summed E-state index contributed by atoms with van der Waals surface area (Å²) in [5, 5.41) is 11.8. The molecule has 0 radical (unpaired) electrons. The van der Waals surface area contributed by atoms with E-state index in [0.717, 1.165) is 5.56 Å². The lowest BCUT2D eigenvalue weighted by Gasteiger charge is -2.28. The van der Waals surface area contributed by atoms with Crippen molar-refractivity contribution in [2.75, 3.05) is 19.1 Å².